The van der Waals surface area contributed by atoms with E-state index in [1.807, 2.05) is 49.4 Å². The minimum atomic E-state index is -0.484. The molecule has 7 nitrogen and oxygen atoms in total. The molecule has 3 aromatic rings. The van der Waals surface area contributed by atoms with Gasteiger partial charge in [0.05, 0.1) is 35.6 Å². The van der Waals surface area contributed by atoms with Crippen LogP contribution in [0.3, 0.4) is 0 Å². The number of furan rings is 1. The third kappa shape index (κ3) is 2.66. The van der Waals surface area contributed by atoms with Crippen molar-refractivity contribution in [1.82, 2.24) is 15.1 Å². The molecule has 28 heavy (non-hydrogen) atoms. The molecule has 0 radical (unpaired) electrons. The van der Waals surface area contributed by atoms with Crippen LogP contribution in [-0.2, 0) is 4.74 Å². The van der Waals surface area contributed by atoms with Gasteiger partial charge in [0.1, 0.15) is 11.5 Å². The number of aromatic nitrogens is 2. The van der Waals surface area contributed by atoms with E-state index in [1.165, 1.54) is 0 Å². The number of rotatable bonds is 5. The number of ether oxygens (including phenoxy) is 1. The van der Waals surface area contributed by atoms with E-state index in [2.05, 4.69) is 10.4 Å². The molecule has 0 atom stereocenters. The van der Waals surface area contributed by atoms with Gasteiger partial charge in [0.15, 0.2) is 5.76 Å². The highest BCUT2D eigenvalue weighted by Crippen LogP contribution is 2.51. The van der Waals surface area contributed by atoms with Crippen molar-refractivity contribution in [3.8, 4) is 17.1 Å². The normalized spacial score (nSPS) is 25.5. The van der Waals surface area contributed by atoms with Gasteiger partial charge in [0, 0.05) is 19.0 Å². The number of carbonyl (C=O) groups excluding carboxylic acids is 1. The van der Waals surface area contributed by atoms with Gasteiger partial charge in [-0.05, 0) is 31.2 Å². The lowest BCUT2D eigenvalue weighted by Gasteiger charge is -2.43. The predicted molar refractivity (Wildman–Crippen MR) is 101 cm³/mol. The molecule has 1 aromatic carbocycles. The number of aliphatic hydroxyl groups excluding tert-OH is 1. The van der Waals surface area contributed by atoms with E-state index in [0.717, 1.165) is 11.4 Å². The molecule has 2 saturated heterocycles. The predicted octanol–water partition coefficient (Wildman–Crippen LogP) is 2.46. The van der Waals surface area contributed by atoms with E-state index >= 15 is 0 Å². The molecule has 144 valence electrons. The summed E-state index contributed by atoms with van der Waals surface area (Å²) in [4.78, 5) is 13.1. The monoisotopic (exact) mass is 379 g/mol. The van der Waals surface area contributed by atoms with Gasteiger partial charge in [-0.1, -0.05) is 18.2 Å². The maximum atomic E-state index is 13.1. The Morgan fingerprint density at radius 3 is 2.68 bits per heavy atom. The third-order valence-electron chi connectivity index (χ3n) is 5.60. The van der Waals surface area contributed by atoms with Crippen LogP contribution in [0.1, 0.15) is 29.0 Å². The molecule has 6 rings (SSSR count). The molecule has 2 N–H and O–H groups in total. The van der Waals surface area contributed by atoms with Crippen LogP contribution in [0.4, 0.5) is 0 Å². The molecular formula is C21H21N3O4. The Hall–Kier alpha value is -2.90. The average Bonchev–Trinajstić information content (AvgIpc) is 3.43. The summed E-state index contributed by atoms with van der Waals surface area (Å²) in [6.07, 6.45) is 2.98. The van der Waals surface area contributed by atoms with Crippen molar-refractivity contribution in [3.05, 3.63) is 60.0 Å². The lowest BCUT2D eigenvalue weighted by molar-refractivity contribution is -0.0494. The summed E-state index contributed by atoms with van der Waals surface area (Å²) < 4.78 is 13.1. The van der Waals surface area contributed by atoms with Crippen LogP contribution in [0, 0.1) is 6.92 Å². The van der Waals surface area contributed by atoms with Gasteiger partial charge in [0.25, 0.3) is 5.91 Å². The summed E-state index contributed by atoms with van der Waals surface area (Å²) in [5, 5.41) is 17.2. The van der Waals surface area contributed by atoms with Crippen molar-refractivity contribution in [2.75, 3.05) is 13.2 Å². The van der Waals surface area contributed by atoms with Gasteiger partial charge < -0.3 is 19.6 Å². The molecule has 1 aliphatic carbocycles. The Morgan fingerprint density at radius 2 is 2.04 bits per heavy atom. The minimum absolute atomic E-state index is 0.0204. The lowest BCUT2D eigenvalue weighted by Crippen LogP contribution is -2.60. The molecular weight excluding hydrogens is 358 g/mol. The maximum Gasteiger partial charge on any atom is 0.255 e. The quantitative estimate of drug-likeness (QED) is 0.711. The van der Waals surface area contributed by atoms with Gasteiger partial charge in [-0.2, -0.15) is 5.10 Å². The minimum Gasteiger partial charge on any atom is -0.460 e. The standard InChI is InChI=1S/C21H21N3O4/c1-14-7-8-17(28-14)18-16(9-24(23-18)15-5-3-2-4-6-15)19(26)22-20-10-21(11-20,12-25)27-13-20/h2-9,25H,10-13H2,1H3,(H,22,26). The molecule has 4 heterocycles. The summed E-state index contributed by atoms with van der Waals surface area (Å²) in [6, 6.07) is 13.3. The topological polar surface area (TPSA) is 89.5 Å². The number of hydrogen-bond donors (Lipinski definition) is 2. The van der Waals surface area contributed by atoms with E-state index < -0.39 is 11.1 Å². The Balaban J connectivity index is 1.49. The van der Waals surface area contributed by atoms with Crippen molar-refractivity contribution in [2.24, 2.45) is 0 Å². The summed E-state index contributed by atoms with van der Waals surface area (Å²) in [5.74, 6) is 1.09. The first kappa shape index (κ1) is 17.2. The van der Waals surface area contributed by atoms with Gasteiger partial charge in [-0.15, -0.1) is 0 Å². The van der Waals surface area contributed by atoms with Crippen LogP contribution in [0.2, 0.25) is 0 Å². The van der Waals surface area contributed by atoms with E-state index in [0.29, 0.717) is 36.5 Å². The molecule has 3 aliphatic rings. The van der Waals surface area contributed by atoms with Gasteiger partial charge in [-0.25, -0.2) is 4.68 Å². The van der Waals surface area contributed by atoms with Crippen molar-refractivity contribution in [1.29, 1.82) is 0 Å². The summed E-state index contributed by atoms with van der Waals surface area (Å²) >= 11 is 0. The Kier molecular flexibility index (Phi) is 3.72. The second kappa shape index (κ2) is 6.05. The summed E-state index contributed by atoms with van der Waals surface area (Å²) in [7, 11) is 0. The molecule has 0 unspecified atom stereocenters. The van der Waals surface area contributed by atoms with Crippen LogP contribution >= 0.6 is 0 Å². The average molecular weight is 379 g/mol. The molecule has 2 aliphatic heterocycles. The fourth-order valence-corrected chi connectivity index (χ4v) is 4.26. The molecule has 7 heteroatoms. The number of para-hydroxylation sites is 1. The van der Waals surface area contributed by atoms with Crippen molar-refractivity contribution >= 4 is 5.91 Å². The smallest absolute Gasteiger partial charge is 0.255 e. The number of aliphatic hydroxyl groups is 1. The molecule has 0 spiro atoms. The van der Waals surface area contributed by atoms with E-state index in [-0.39, 0.29) is 12.5 Å². The van der Waals surface area contributed by atoms with Crippen molar-refractivity contribution < 1.29 is 19.1 Å². The second-order valence-electron chi connectivity index (χ2n) is 7.80. The molecule has 1 amide bonds. The number of aryl methyl sites for hydroxylation is 1. The summed E-state index contributed by atoms with van der Waals surface area (Å²) in [5.41, 5.74) is 0.905. The van der Waals surface area contributed by atoms with Crippen LogP contribution in [0.15, 0.2) is 53.1 Å². The number of nitrogens with one attached hydrogen (secondary N) is 1. The van der Waals surface area contributed by atoms with Gasteiger partial charge >= 0.3 is 0 Å². The van der Waals surface area contributed by atoms with E-state index in [4.69, 9.17) is 9.15 Å². The maximum absolute atomic E-state index is 13.1. The molecule has 1 saturated carbocycles. The number of carbonyl (C=O) groups is 1. The fourth-order valence-electron chi connectivity index (χ4n) is 4.26. The number of benzene rings is 1. The second-order valence-corrected chi connectivity index (χ2v) is 7.80. The van der Waals surface area contributed by atoms with Crippen LogP contribution in [-0.4, -0.2) is 45.1 Å². The highest BCUT2D eigenvalue weighted by molar-refractivity contribution is 6.00. The van der Waals surface area contributed by atoms with Gasteiger partial charge in [-0.3, -0.25) is 4.79 Å². The van der Waals surface area contributed by atoms with E-state index in [9.17, 15) is 9.90 Å². The molecule has 2 aromatic heterocycles. The Morgan fingerprint density at radius 1 is 1.25 bits per heavy atom. The SMILES string of the molecule is Cc1ccc(-c2nn(-c3ccccc3)cc2C(=O)NC23COC(CO)(C2)C3)o1. The van der Waals surface area contributed by atoms with Crippen LogP contribution in [0.25, 0.3) is 17.1 Å². The number of nitrogens with zero attached hydrogens (tertiary/aromatic N) is 2. The third-order valence-corrected chi connectivity index (χ3v) is 5.60. The zero-order valence-electron chi connectivity index (χ0n) is 15.5. The zero-order chi connectivity index (χ0) is 19.4. The lowest BCUT2D eigenvalue weighted by atomic mass is 9.68. The van der Waals surface area contributed by atoms with E-state index in [1.54, 1.807) is 10.9 Å². The highest BCUT2D eigenvalue weighted by Gasteiger charge is 2.63. The highest BCUT2D eigenvalue weighted by atomic mass is 16.5. The fraction of sp³-hybridized carbons (Fsp3) is 0.333. The largest absolute Gasteiger partial charge is 0.460 e. The first-order chi connectivity index (χ1) is 13.5. The van der Waals surface area contributed by atoms with Crippen LogP contribution in [0.5, 0.6) is 0 Å². The molecule has 2 bridgehead atoms. The Labute approximate surface area is 161 Å². The molecule has 3 fully saturated rings. The van der Waals surface area contributed by atoms with Gasteiger partial charge in [0.2, 0.25) is 0 Å². The zero-order valence-corrected chi connectivity index (χ0v) is 15.5. The van der Waals surface area contributed by atoms with Crippen molar-refractivity contribution in [3.63, 3.8) is 0 Å². The number of hydrogen-bond acceptors (Lipinski definition) is 5. The van der Waals surface area contributed by atoms with Crippen LogP contribution < -0.4 is 5.32 Å². The number of amides is 1. The number of fused-ring (bicyclic) bond motifs is 1. The summed E-state index contributed by atoms with van der Waals surface area (Å²) in [6.45, 7) is 2.25. The first-order valence-corrected chi connectivity index (χ1v) is 9.31. The first-order valence-electron chi connectivity index (χ1n) is 9.31. The van der Waals surface area contributed by atoms with Crippen molar-refractivity contribution in [2.45, 2.75) is 30.9 Å². The Bertz CT molecular complexity index is 1030.